The number of carbonyl (C=O) groups is 1. The molecule has 2 saturated heterocycles. The van der Waals surface area contributed by atoms with Crippen LogP contribution in [-0.2, 0) is 4.74 Å². The van der Waals surface area contributed by atoms with Crippen LogP contribution < -0.4 is 4.74 Å². The molecule has 90 valence electrons. The quantitative estimate of drug-likeness (QED) is 0.707. The van der Waals surface area contributed by atoms with E-state index < -0.39 is 0 Å². The van der Waals surface area contributed by atoms with E-state index in [2.05, 4.69) is 4.98 Å². The van der Waals surface area contributed by atoms with E-state index in [1.165, 1.54) is 0 Å². The molecule has 0 saturated carbocycles. The van der Waals surface area contributed by atoms with Crippen LogP contribution in [0.25, 0.3) is 0 Å². The van der Waals surface area contributed by atoms with Crippen LogP contribution in [0, 0.1) is 0 Å². The van der Waals surface area contributed by atoms with E-state index >= 15 is 0 Å². The van der Waals surface area contributed by atoms with Gasteiger partial charge in [0, 0.05) is 19.3 Å². The molecule has 0 unspecified atom stereocenters. The molecule has 0 radical (unpaired) electrons. The third kappa shape index (κ3) is 1.98. The van der Waals surface area contributed by atoms with Crippen LogP contribution >= 0.6 is 0 Å². The van der Waals surface area contributed by atoms with Crippen molar-refractivity contribution >= 4 is 5.91 Å². The molecule has 5 nitrogen and oxygen atoms in total. The fourth-order valence-corrected chi connectivity index (χ4v) is 2.20. The van der Waals surface area contributed by atoms with Gasteiger partial charge in [-0.15, -0.1) is 0 Å². The molecule has 1 aromatic rings. The predicted octanol–water partition coefficient (Wildman–Crippen LogP) is 0.703. The van der Waals surface area contributed by atoms with E-state index in [9.17, 15) is 4.79 Å². The minimum absolute atomic E-state index is 0.00495. The molecule has 0 bridgehead atoms. The van der Waals surface area contributed by atoms with Crippen molar-refractivity contribution < 1.29 is 14.3 Å². The molecule has 0 N–H and O–H groups in total. The van der Waals surface area contributed by atoms with Crippen molar-refractivity contribution in [2.24, 2.45) is 0 Å². The Balaban J connectivity index is 1.75. The van der Waals surface area contributed by atoms with E-state index in [0.29, 0.717) is 24.0 Å². The van der Waals surface area contributed by atoms with Gasteiger partial charge in [-0.05, 0) is 12.5 Å². The second kappa shape index (κ2) is 4.00. The number of ether oxygens (including phenoxy) is 2. The summed E-state index contributed by atoms with van der Waals surface area (Å²) < 4.78 is 10.5. The molecule has 3 heterocycles. The number of rotatable bonds is 2. The summed E-state index contributed by atoms with van der Waals surface area (Å²) >= 11 is 0. The van der Waals surface area contributed by atoms with Crippen molar-refractivity contribution in [3.8, 4) is 5.75 Å². The Morgan fingerprint density at radius 2 is 2.41 bits per heavy atom. The van der Waals surface area contributed by atoms with E-state index in [4.69, 9.17) is 9.47 Å². The number of amides is 1. The Labute approximate surface area is 99.3 Å². The third-order valence-corrected chi connectivity index (χ3v) is 3.25. The summed E-state index contributed by atoms with van der Waals surface area (Å²) in [6.07, 6.45) is 4.75. The first-order valence-electron chi connectivity index (χ1n) is 5.71. The Bertz CT molecular complexity index is 449. The minimum Gasteiger partial charge on any atom is -0.495 e. The van der Waals surface area contributed by atoms with Gasteiger partial charge in [0.1, 0.15) is 11.9 Å². The predicted molar refractivity (Wildman–Crippen MR) is 60.0 cm³/mol. The van der Waals surface area contributed by atoms with Crippen LogP contribution in [0.2, 0.25) is 0 Å². The zero-order chi connectivity index (χ0) is 11.8. The highest BCUT2D eigenvalue weighted by Crippen LogP contribution is 2.31. The van der Waals surface area contributed by atoms with Crippen molar-refractivity contribution in [3.05, 3.63) is 24.0 Å². The molecule has 0 aromatic carbocycles. The average molecular weight is 234 g/mol. The minimum atomic E-state index is 0.00495. The molecule has 2 aliphatic heterocycles. The number of piperidine rings is 1. The van der Waals surface area contributed by atoms with Crippen LogP contribution in [-0.4, -0.2) is 48.2 Å². The number of epoxide rings is 1. The second-order valence-electron chi connectivity index (χ2n) is 4.37. The first-order chi connectivity index (χ1) is 8.28. The summed E-state index contributed by atoms with van der Waals surface area (Å²) in [7, 11) is 1.56. The molecule has 17 heavy (non-hydrogen) atoms. The standard InChI is InChI=1S/C12H14N2O3/c1-16-9-4-8(5-13-6-9)12(15)14-3-2-10-11(7-14)17-10/h4-6,10-11H,2-3,7H2,1H3/t10-,11+/m1/s1. The number of nitrogens with zero attached hydrogens (tertiary/aromatic N) is 2. The van der Waals surface area contributed by atoms with Crippen LogP contribution in [0.1, 0.15) is 16.8 Å². The average Bonchev–Trinajstić information content (AvgIpc) is 3.16. The number of fused-ring (bicyclic) bond motifs is 1. The van der Waals surface area contributed by atoms with E-state index in [1.807, 2.05) is 4.90 Å². The lowest BCUT2D eigenvalue weighted by Gasteiger charge is -2.24. The molecule has 2 fully saturated rings. The molecule has 0 aliphatic carbocycles. The summed E-state index contributed by atoms with van der Waals surface area (Å²) in [4.78, 5) is 18.0. The first-order valence-corrected chi connectivity index (χ1v) is 5.71. The zero-order valence-electron chi connectivity index (χ0n) is 9.63. The molecular weight excluding hydrogens is 220 g/mol. The lowest BCUT2D eigenvalue weighted by molar-refractivity contribution is 0.0736. The molecule has 1 amide bonds. The number of hydrogen-bond acceptors (Lipinski definition) is 4. The Morgan fingerprint density at radius 3 is 3.18 bits per heavy atom. The normalized spacial score (nSPS) is 26.3. The molecular formula is C12H14N2O3. The van der Waals surface area contributed by atoms with Crippen molar-refractivity contribution in [3.63, 3.8) is 0 Å². The lowest BCUT2D eigenvalue weighted by Crippen LogP contribution is -2.39. The van der Waals surface area contributed by atoms with E-state index in [-0.39, 0.29) is 12.0 Å². The summed E-state index contributed by atoms with van der Waals surface area (Å²) in [5, 5.41) is 0. The Hall–Kier alpha value is -1.62. The van der Waals surface area contributed by atoms with Gasteiger partial charge in [-0.1, -0.05) is 0 Å². The van der Waals surface area contributed by atoms with Gasteiger partial charge in [-0.25, -0.2) is 0 Å². The molecule has 3 rings (SSSR count). The molecule has 5 heteroatoms. The fraction of sp³-hybridized carbons (Fsp3) is 0.500. The van der Waals surface area contributed by atoms with Gasteiger partial charge in [0.2, 0.25) is 0 Å². The second-order valence-corrected chi connectivity index (χ2v) is 4.37. The maximum atomic E-state index is 12.2. The van der Waals surface area contributed by atoms with Crippen LogP contribution in [0.5, 0.6) is 5.75 Å². The maximum Gasteiger partial charge on any atom is 0.255 e. The summed E-state index contributed by atoms with van der Waals surface area (Å²) in [6, 6.07) is 1.72. The third-order valence-electron chi connectivity index (χ3n) is 3.25. The van der Waals surface area contributed by atoms with Crippen LogP contribution in [0.3, 0.4) is 0 Å². The SMILES string of the molecule is COc1cncc(C(=O)N2CC[C@H]3O[C@H]3C2)c1. The van der Waals surface area contributed by atoms with Gasteiger partial charge >= 0.3 is 0 Å². The van der Waals surface area contributed by atoms with Crippen LogP contribution in [0.4, 0.5) is 0 Å². The highest BCUT2D eigenvalue weighted by Gasteiger charge is 2.44. The molecule has 2 aliphatic rings. The number of pyridine rings is 1. The Kier molecular flexibility index (Phi) is 2.48. The summed E-state index contributed by atoms with van der Waals surface area (Å²) in [6.45, 7) is 1.46. The first kappa shape index (κ1) is 10.5. The summed E-state index contributed by atoms with van der Waals surface area (Å²) in [5.74, 6) is 0.610. The van der Waals surface area contributed by atoms with Gasteiger partial charge < -0.3 is 14.4 Å². The molecule has 2 atom stereocenters. The van der Waals surface area contributed by atoms with Gasteiger partial charge in [-0.3, -0.25) is 9.78 Å². The van der Waals surface area contributed by atoms with E-state index in [1.54, 1.807) is 25.6 Å². The van der Waals surface area contributed by atoms with Gasteiger partial charge in [-0.2, -0.15) is 0 Å². The van der Waals surface area contributed by atoms with Gasteiger partial charge in [0.15, 0.2) is 0 Å². The highest BCUT2D eigenvalue weighted by atomic mass is 16.6. The zero-order valence-corrected chi connectivity index (χ0v) is 9.63. The number of methoxy groups -OCH3 is 1. The number of likely N-dealkylation sites (tertiary alicyclic amines) is 1. The Morgan fingerprint density at radius 1 is 1.53 bits per heavy atom. The topological polar surface area (TPSA) is 55.0 Å². The fourth-order valence-electron chi connectivity index (χ4n) is 2.20. The van der Waals surface area contributed by atoms with Gasteiger partial charge in [0.05, 0.1) is 25.0 Å². The monoisotopic (exact) mass is 234 g/mol. The van der Waals surface area contributed by atoms with Crippen molar-refractivity contribution in [2.45, 2.75) is 18.6 Å². The van der Waals surface area contributed by atoms with Crippen molar-refractivity contribution in [1.82, 2.24) is 9.88 Å². The van der Waals surface area contributed by atoms with Crippen molar-refractivity contribution in [2.75, 3.05) is 20.2 Å². The van der Waals surface area contributed by atoms with Gasteiger partial charge in [0.25, 0.3) is 5.91 Å². The largest absolute Gasteiger partial charge is 0.495 e. The number of hydrogen-bond donors (Lipinski definition) is 0. The number of aromatic nitrogens is 1. The molecule has 0 spiro atoms. The maximum absolute atomic E-state index is 12.2. The lowest BCUT2D eigenvalue weighted by atomic mass is 10.1. The smallest absolute Gasteiger partial charge is 0.255 e. The van der Waals surface area contributed by atoms with Crippen molar-refractivity contribution in [1.29, 1.82) is 0 Å². The van der Waals surface area contributed by atoms with Crippen LogP contribution in [0.15, 0.2) is 18.5 Å². The summed E-state index contributed by atoms with van der Waals surface area (Å²) in [5.41, 5.74) is 0.573. The molecule has 1 aromatic heterocycles. The number of carbonyl (C=O) groups excluding carboxylic acids is 1. The van der Waals surface area contributed by atoms with E-state index in [0.717, 1.165) is 13.0 Å². The highest BCUT2D eigenvalue weighted by molar-refractivity contribution is 5.94.